The van der Waals surface area contributed by atoms with Crippen LogP contribution in [0.1, 0.15) is 17.2 Å². The molecule has 2 aromatic heterocycles. The highest BCUT2D eigenvalue weighted by molar-refractivity contribution is 5.77. The quantitative estimate of drug-likeness (QED) is 0.790. The van der Waals surface area contributed by atoms with Crippen molar-refractivity contribution in [1.29, 1.82) is 0 Å². The summed E-state index contributed by atoms with van der Waals surface area (Å²) < 4.78 is 8.48. The van der Waals surface area contributed by atoms with Crippen LogP contribution < -0.4 is 11.0 Å². The highest BCUT2D eigenvalue weighted by Gasteiger charge is 2.15. The van der Waals surface area contributed by atoms with E-state index in [4.69, 9.17) is 4.42 Å². The summed E-state index contributed by atoms with van der Waals surface area (Å²) in [5.41, 5.74) is 4.01. The second-order valence-electron chi connectivity index (χ2n) is 4.93. The molecule has 0 saturated carbocycles. The summed E-state index contributed by atoms with van der Waals surface area (Å²) in [6.45, 7) is 0. The van der Waals surface area contributed by atoms with Crippen molar-refractivity contribution in [1.82, 2.24) is 14.5 Å². The standard InChI is InChI=1S/C15H17N3O2/c1-16-14(11-6-7-20-9-11)10-4-5-12-13(8-10)18(3)15(19)17(12)2/h4-9,14,16H,1-3H3. The normalized spacial score (nSPS) is 12.9. The van der Waals surface area contributed by atoms with Crippen LogP contribution in [0.4, 0.5) is 0 Å². The third-order valence-electron chi connectivity index (χ3n) is 3.79. The van der Waals surface area contributed by atoms with E-state index < -0.39 is 0 Å². The smallest absolute Gasteiger partial charge is 0.328 e. The van der Waals surface area contributed by atoms with Gasteiger partial charge in [-0.15, -0.1) is 0 Å². The monoisotopic (exact) mass is 271 g/mol. The van der Waals surface area contributed by atoms with Crippen molar-refractivity contribution in [2.45, 2.75) is 6.04 Å². The molecule has 0 spiro atoms. The molecule has 5 nitrogen and oxygen atoms in total. The Bertz CT molecular complexity index is 796. The number of imidazole rings is 1. The number of hydrogen-bond donors (Lipinski definition) is 1. The van der Waals surface area contributed by atoms with Gasteiger partial charge >= 0.3 is 5.69 Å². The first-order chi connectivity index (χ1) is 9.63. The molecular formula is C15H17N3O2. The van der Waals surface area contributed by atoms with Crippen LogP contribution in [-0.2, 0) is 14.1 Å². The fraction of sp³-hybridized carbons (Fsp3) is 0.267. The van der Waals surface area contributed by atoms with Gasteiger partial charge in [0, 0.05) is 19.7 Å². The number of aromatic nitrogens is 2. The van der Waals surface area contributed by atoms with E-state index >= 15 is 0 Å². The highest BCUT2D eigenvalue weighted by Crippen LogP contribution is 2.25. The summed E-state index contributed by atoms with van der Waals surface area (Å²) in [4.78, 5) is 12.0. The van der Waals surface area contributed by atoms with Crippen molar-refractivity contribution in [3.8, 4) is 0 Å². The topological polar surface area (TPSA) is 52.1 Å². The van der Waals surface area contributed by atoms with Gasteiger partial charge in [0.2, 0.25) is 0 Å². The number of hydrogen-bond acceptors (Lipinski definition) is 3. The molecule has 0 aliphatic rings. The van der Waals surface area contributed by atoms with Crippen LogP contribution in [0.15, 0.2) is 46.0 Å². The van der Waals surface area contributed by atoms with Crippen molar-refractivity contribution in [2.24, 2.45) is 14.1 Å². The van der Waals surface area contributed by atoms with E-state index in [-0.39, 0.29) is 11.7 Å². The Kier molecular flexibility index (Phi) is 2.99. The fourth-order valence-electron chi connectivity index (χ4n) is 2.67. The van der Waals surface area contributed by atoms with Crippen LogP contribution >= 0.6 is 0 Å². The lowest BCUT2D eigenvalue weighted by molar-refractivity contribution is 0.557. The zero-order valence-electron chi connectivity index (χ0n) is 11.8. The molecule has 3 aromatic rings. The van der Waals surface area contributed by atoms with E-state index in [1.54, 1.807) is 35.8 Å². The first-order valence-electron chi connectivity index (χ1n) is 6.48. The molecule has 1 aromatic carbocycles. The zero-order chi connectivity index (χ0) is 14.3. The average Bonchev–Trinajstić information content (AvgIpc) is 3.05. The van der Waals surface area contributed by atoms with Gasteiger partial charge in [0.1, 0.15) is 0 Å². The Morgan fingerprint density at radius 2 is 1.85 bits per heavy atom. The van der Waals surface area contributed by atoms with E-state index in [0.717, 1.165) is 22.2 Å². The Labute approximate surface area is 116 Å². The summed E-state index contributed by atoms with van der Waals surface area (Å²) in [7, 11) is 5.49. The van der Waals surface area contributed by atoms with Gasteiger partial charge in [-0.3, -0.25) is 9.13 Å². The first kappa shape index (κ1) is 12.7. The number of nitrogens with zero attached hydrogens (tertiary/aromatic N) is 2. The molecule has 0 radical (unpaired) electrons. The van der Waals surface area contributed by atoms with Crippen LogP contribution in [0, 0.1) is 0 Å². The molecule has 2 heterocycles. The van der Waals surface area contributed by atoms with Gasteiger partial charge in [-0.25, -0.2) is 4.79 Å². The van der Waals surface area contributed by atoms with E-state index in [1.807, 2.05) is 31.3 Å². The lowest BCUT2D eigenvalue weighted by Gasteiger charge is -2.15. The lowest BCUT2D eigenvalue weighted by Crippen LogP contribution is -2.19. The predicted octanol–water partition coefficient (Wildman–Crippen LogP) is 1.78. The predicted molar refractivity (Wildman–Crippen MR) is 77.8 cm³/mol. The van der Waals surface area contributed by atoms with Crippen molar-refractivity contribution in [3.05, 3.63) is 58.4 Å². The molecule has 1 N–H and O–H groups in total. The third kappa shape index (κ3) is 1.78. The minimum Gasteiger partial charge on any atom is -0.472 e. The van der Waals surface area contributed by atoms with Crippen LogP contribution in [0.25, 0.3) is 11.0 Å². The van der Waals surface area contributed by atoms with Crippen LogP contribution in [0.2, 0.25) is 0 Å². The Morgan fingerprint density at radius 3 is 2.50 bits per heavy atom. The molecule has 0 fully saturated rings. The van der Waals surface area contributed by atoms with E-state index in [9.17, 15) is 4.79 Å². The minimum absolute atomic E-state index is 0.0125. The number of benzene rings is 1. The Morgan fingerprint density at radius 1 is 1.10 bits per heavy atom. The molecule has 104 valence electrons. The Balaban J connectivity index is 2.18. The molecular weight excluding hydrogens is 254 g/mol. The molecule has 1 atom stereocenters. The van der Waals surface area contributed by atoms with Gasteiger partial charge < -0.3 is 9.73 Å². The van der Waals surface area contributed by atoms with E-state index in [2.05, 4.69) is 5.32 Å². The summed E-state index contributed by atoms with van der Waals surface area (Å²) in [5, 5.41) is 3.27. The Hall–Kier alpha value is -2.27. The molecule has 0 saturated heterocycles. The molecule has 0 aliphatic carbocycles. The molecule has 0 bridgehead atoms. The number of rotatable bonds is 3. The van der Waals surface area contributed by atoms with Gasteiger partial charge in [0.05, 0.1) is 29.6 Å². The molecule has 3 rings (SSSR count). The van der Waals surface area contributed by atoms with E-state index in [0.29, 0.717) is 0 Å². The van der Waals surface area contributed by atoms with Crippen LogP contribution in [-0.4, -0.2) is 16.2 Å². The van der Waals surface area contributed by atoms with Gasteiger partial charge in [-0.05, 0) is 30.8 Å². The van der Waals surface area contributed by atoms with Gasteiger partial charge in [-0.1, -0.05) is 6.07 Å². The third-order valence-corrected chi connectivity index (χ3v) is 3.79. The summed E-state index contributed by atoms with van der Waals surface area (Å²) in [6, 6.07) is 8.06. The van der Waals surface area contributed by atoms with Gasteiger partial charge in [0.25, 0.3) is 0 Å². The average molecular weight is 271 g/mol. The molecule has 0 amide bonds. The maximum Gasteiger partial charge on any atom is 0.328 e. The minimum atomic E-state index is -0.0125. The van der Waals surface area contributed by atoms with Crippen molar-refractivity contribution in [2.75, 3.05) is 7.05 Å². The van der Waals surface area contributed by atoms with Crippen molar-refractivity contribution < 1.29 is 4.42 Å². The number of furan rings is 1. The SMILES string of the molecule is CNC(c1ccoc1)c1ccc2c(c1)n(C)c(=O)n2C. The van der Waals surface area contributed by atoms with Gasteiger partial charge in [-0.2, -0.15) is 0 Å². The fourth-order valence-corrected chi connectivity index (χ4v) is 2.67. The highest BCUT2D eigenvalue weighted by atomic mass is 16.3. The summed E-state index contributed by atoms with van der Waals surface area (Å²) in [6.07, 6.45) is 3.39. The number of nitrogens with one attached hydrogen (secondary N) is 1. The van der Waals surface area contributed by atoms with Gasteiger partial charge in [0.15, 0.2) is 0 Å². The van der Waals surface area contributed by atoms with Crippen molar-refractivity contribution in [3.63, 3.8) is 0 Å². The molecule has 1 unspecified atom stereocenters. The largest absolute Gasteiger partial charge is 0.472 e. The maximum atomic E-state index is 12.0. The second-order valence-corrected chi connectivity index (χ2v) is 4.93. The second kappa shape index (κ2) is 4.68. The molecule has 20 heavy (non-hydrogen) atoms. The van der Waals surface area contributed by atoms with E-state index in [1.165, 1.54) is 0 Å². The maximum absolute atomic E-state index is 12.0. The molecule has 5 heteroatoms. The lowest BCUT2D eigenvalue weighted by atomic mass is 10.0. The van der Waals surface area contributed by atoms with Crippen LogP contribution in [0.5, 0.6) is 0 Å². The van der Waals surface area contributed by atoms with Crippen molar-refractivity contribution >= 4 is 11.0 Å². The summed E-state index contributed by atoms with van der Waals surface area (Å²) >= 11 is 0. The number of fused-ring (bicyclic) bond motifs is 1. The zero-order valence-corrected chi connectivity index (χ0v) is 11.8. The summed E-state index contributed by atoms with van der Waals surface area (Å²) in [5.74, 6) is 0. The first-order valence-corrected chi connectivity index (χ1v) is 6.48. The molecule has 0 aliphatic heterocycles. The van der Waals surface area contributed by atoms with Crippen LogP contribution in [0.3, 0.4) is 0 Å². The number of aryl methyl sites for hydroxylation is 2.